The Morgan fingerprint density at radius 1 is 1.25 bits per heavy atom. The Morgan fingerprint density at radius 3 is 2.90 bits per heavy atom. The summed E-state index contributed by atoms with van der Waals surface area (Å²) < 4.78 is 0. The van der Waals surface area contributed by atoms with Crippen molar-refractivity contribution in [3.63, 3.8) is 0 Å². The highest BCUT2D eigenvalue weighted by Crippen LogP contribution is 2.29. The van der Waals surface area contributed by atoms with Crippen LogP contribution in [-0.2, 0) is 6.42 Å². The smallest absolute Gasteiger partial charge is 0.358 e. The van der Waals surface area contributed by atoms with E-state index in [1.165, 1.54) is 6.20 Å². The maximum atomic E-state index is 11.7. The third-order valence-corrected chi connectivity index (χ3v) is 3.30. The number of nitro groups is 1. The molecular formula is C14H11N3O3. The van der Waals surface area contributed by atoms with E-state index in [0.717, 1.165) is 12.0 Å². The molecule has 3 rings (SSSR count). The molecule has 1 aromatic heterocycles. The number of fused-ring (bicyclic) bond motifs is 1. The van der Waals surface area contributed by atoms with Crippen LogP contribution < -0.4 is 5.32 Å². The summed E-state index contributed by atoms with van der Waals surface area (Å²) in [7, 11) is 0. The lowest BCUT2D eigenvalue weighted by molar-refractivity contribution is -0.388. The molecule has 2 heterocycles. The second kappa shape index (κ2) is 4.73. The Morgan fingerprint density at radius 2 is 2.10 bits per heavy atom. The first-order chi connectivity index (χ1) is 9.66. The molecule has 1 amide bonds. The number of rotatable bonds is 2. The van der Waals surface area contributed by atoms with Crippen LogP contribution in [0.15, 0.2) is 36.5 Å². The van der Waals surface area contributed by atoms with Gasteiger partial charge in [0.2, 0.25) is 0 Å². The average molecular weight is 269 g/mol. The third kappa shape index (κ3) is 2.01. The van der Waals surface area contributed by atoms with Crippen LogP contribution in [0.25, 0.3) is 11.1 Å². The summed E-state index contributed by atoms with van der Waals surface area (Å²) in [5, 5.41) is 13.8. The van der Waals surface area contributed by atoms with Gasteiger partial charge in [0.05, 0.1) is 5.56 Å². The van der Waals surface area contributed by atoms with Crippen molar-refractivity contribution in [2.45, 2.75) is 6.42 Å². The van der Waals surface area contributed by atoms with Gasteiger partial charge >= 0.3 is 5.82 Å². The molecule has 1 aromatic carbocycles. The van der Waals surface area contributed by atoms with E-state index in [-0.39, 0.29) is 11.7 Å². The Kier molecular flexibility index (Phi) is 2.90. The number of carbonyl (C=O) groups is 1. The average Bonchev–Trinajstić information content (AvgIpc) is 2.47. The first kappa shape index (κ1) is 12.3. The standard InChI is InChI=1S/C14H11N3O3/c18-14-12-4-3-9(8-10(12)5-7-16-14)11-2-1-6-15-13(11)17(19)20/h1-4,6,8H,5,7H2,(H,16,18). The highest BCUT2D eigenvalue weighted by molar-refractivity contribution is 5.97. The Bertz CT molecular complexity index is 713. The monoisotopic (exact) mass is 269 g/mol. The number of hydrogen-bond donors (Lipinski definition) is 1. The van der Waals surface area contributed by atoms with Gasteiger partial charge in [-0.25, -0.2) is 0 Å². The van der Waals surface area contributed by atoms with Crippen LogP contribution in [-0.4, -0.2) is 22.4 Å². The molecule has 0 fully saturated rings. The molecule has 0 bridgehead atoms. The number of pyridine rings is 1. The zero-order valence-corrected chi connectivity index (χ0v) is 10.5. The van der Waals surface area contributed by atoms with Crippen molar-refractivity contribution in [3.8, 4) is 11.1 Å². The number of amides is 1. The summed E-state index contributed by atoms with van der Waals surface area (Å²) in [4.78, 5) is 26.0. The fourth-order valence-electron chi connectivity index (χ4n) is 2.36. The van der Waals surface area contributed by atoms with Crippen LogP contribution in [0, 0.1) is 10.1 Å². The lowest BCUT2D eigenvalue weighted by Crippen LogP contribution is -2.31. The molecule has 6 heteroatoms. The number of hydrogen-bond acceptors (Lipinski definition) is 4. The number of nitrogens with zero attached hydrogens (tertiary/aromatic N) is 2. The van der Waals surface area contributed by atoms with E-state index < -0.39 is 4.92 Å². The summed E-state index contributed by atoms with van der Waals surface area (Å²) >= 11 is 0. The Labute approximate surface area is 114 Å². The van der Waals surface area contributed by atoms with Crippen LogP contribution in [0.1, 0.15) is 15.9 Å². The fourth-order valence-corrected chi connectivity index (χ4v) is 2.36. The lowest BCUT2D eigenvalue weighted by atomic mass is 9.95. The number of carbonyl (C=O) groups excluding carboxylic acids is 1. The van der Waals surface area contributed by atoms with Crippen molar-refractivity contribution in [2.24, 2.45) is 0 Å². The predicted molar refractivity (Wildman–Crippen MR) is 72.4 cm³/mol. The zero-order valence-electron chi connectivity index (χ0n) is 10.5. The summed E-state index contributed by atoms with van der Waals surface area (Å²) in [6.07, 6.45) is 2.12. The van der Waals surface area contributed by atoms with Gasteiger partial charge in [-0.15, -0.1) is 0 Å². The molecule has 6 nitrogen and oxygen atoms in total. The maximum absolute atomic E-state index is 11.7. The lowest BCUT2D eigenvalue weighted by Gasteiger charge is -2.17. The maximum Gasteiger partial charge on any atom is 0.371 e. The molecular weight excluding hydrogens is 258 g/mol. The zero-order chi connectivity index (χ0) is 14.1. The van der Waals surface area contributed by atoms with Gasteiger partial charge < -0.3 is 15.4 Å². The molecule has 0 radical (unpaired) electrons. The van der Waals surface area contributed by atoms with Crippen LogP contribution in [0.4, 0.5) is 5.82 Å². The van der Waals surface area contributed by atoms with E-state index in [1.54, 1.807) is 24.3 Å². The van der Waals surface area contributed by atoms with Crippen LogP contribution in [0.3, 0.4) is 0 Å². The molecule has 0 saturated carbocycles. The molecule has 20 heavy (non-hydrogen) atoms. The minimum absolute atomic E-state index is 0.0986. The van der Waals surface area contributed by atoms with E-state index >= 15 is 0 Å². The van der Waals surface area contributed by atoms with E-state index in [9.17, 15) is 14.9 Å². The van der Waals surface area contributed by atoms with Gasteiger partial charge in [-0.05, 0) is 51.7 Å². The highest BCUT2D eigenvalue weighted by Gasteiger charge is 2.20. The molecule has 0 saturated heterocycles. The van der Waals surface area contributed by atoms with Gasteiger partial charge in [0, 0.05) is 12.1 Å². The van der Waals surface area contributed by atoms with Crippen molar-refractivity contribution in [2.75, 3.05) is 6.54 Å². The van der Waals surface area contributed by atoms with Crippen LogP contribution in [0.2, 0.25) is 0 Å². The number of aromatic nitrogens is 1. The van der Waals surface area contributed by atoms with Crippen LogP contribution >= 0.6 is 0 Å². The van der Waals surface area contributed by atoms with Crippen molar-refractivity contribution in [1.29, 1.82) is 0 Å². The van der Waals surface area contributed by atoms with Crippen molar-refractivity contribution < 1.29 is 9.72 Å². The predicted octanol–water partition coefficient (Wildman–Crippen LogP) is 1.94. The molecule has 1 aliphatic heterocycles. The molecule has 0 unspecified atom stereocenters. The molecule has 0 atom stereocenters. The highest BCUT2D eigenvalue weighted by atomic mass is 16.6. The summed E-state index contributed by atoms with van der Waals surface area (Å²) in [5.74, 6) is -0.272. The van der Waals surface area contributed by atoms with E-state index in [4.69, 9.17) is 0 Å². The SMILES string of the molecule is O=C1NCCc2cc(-c3cccnc3[N+](=O)[O-])ccc21. The van der Waals surface area contributed by atoms with E-state index in [0.29, 0.717) is 23.2 Å². The fraction of sp³-hybridized carbons (Fsp3) is 0.143. The van der Waals surface area contributed by atoms with Gasteiger partial charge in [-0.3, -0.25) is 4.79 Å². The Hall–Kier alpha value is -2.76. The molecule has 100 valence electrons. The largest absolute Gasteiger partial charge is 0.371 e. The first-order valence-corrected chi connectivity index (χ1v) is 6.18. The number of benzene rings is 1. The van der Waals surface area contributed by atoms with Gasteiger partial charge in [0.25, 0.3) is 5.91 Å². The van der Waals surface area contributed by atoms with E-state index in [1.807, 2.05) is 6.07 Å². The van der Waals surface area contributed by atoms with E-state index in [2.05, 4.69) is 10.3 Å². The second-order valence-corrected chi connectivity index (χ2v) is 4.51. The van der Waals surface area contributed by atoms with Crippen molar-refractivity contribution in [3.05, 3.63) is 57.8 Å². The van der Waals surface area contributed by atoms with Gasteiger partial charge in [0.15, 0.2) is 0 Å². The van der Waals surface area contributed by atoms with Crippen molar-refractivity contribution >= 4 is 11.7 Å². The Balaban J connectivity index is 2.12. The molecule has 0 aliphatic carbocycles. The van der Waals surface area contributed by atoms with Gasteiger partial charge in [0.1, 0.15) is 6.20 Å². The van der Waals surface area contributed by atoms with Gasteiger partial charge in [-0.2, -0.15) is 0 Å². The summed E-state index contributed by atoms with van der Waals surface area (Å²) in [6, 6.07) is 8.58. The minimum Gasteiger partial charge on any atom is -0.358 e. The van der Waals surface area contributed by atoms with Gasteiger partial charge in [-0.1, -0.05) is 6.07 Å². The van der Waals surface area contributed by atoms with Crippen LogP contribution in [0.5, 0.6) is 0 Å². The molecule has 0 spiro atoms. The summed E-state index contributed by atoms with van der Waals surface area (Å²) in [5.41, 5.74) is 2.71. The second-order valence-electron chi connectivity index (χ2n) is 4.51. The van der Waals surface area contributed by atoms with Crippen molar-refractivity contribution in [1.82, 2.24) is 10.3 Å². The number of nitrogens with one attached hydrogen (secondary N) is 1. The topological polar surface area (TPSA) is 85.1 Å². The first-order valence-electron chi connectivity index (χ1n) is 6.18. The summed E-state index contributed by atoms with van der Waals surface area (Å²) in [6.45, 7) is 0.588. The third-order valence-electron chi connectivity index (χ3n) is 3.30. The molecule has 2 aromatic rings. The molecule has 1 aliphatic rings. The minimum atomic E-state index is -0.499. The quantitative estimate of drug-likeness (QED) is 0.667. The normalized spacial score (nSPS) is 13.5. The molecule has 1 N–H and O–H groups in total.